The molecule has 0 saturated heterocycles. The van der Waals surface area contributed by atoms with E-state index in [-0.39, 0.29) is 5.92 Å². The van der Waals surface area contributed by atoms with E-state index in [2.05, 4.69) is 20.8 Å². The highest BCUT2D eigenvalue weighted by Crippen LogP contribution is 2.03. The fourth-order valence-electron chi connectivity index (χ4n) is 1.54. The number of nitrogens with zero attached hydrogens (tertiary/aromatic N) is 4. The summed E-state index contributed by atoms with van der Waals surface area (Å²) in [5.74, 6) is -0.170. The molecule has 0 aromatic carbocycles. The number of hydrogen-bond acceptors (Lipinski definition) is 5. The summed E-state index contributed by atoms with van der Waals surface area (Å²) in [5.41, 5.74) is 0. The van der Waals surface area contributed by atoms with E-state index in [0.717, 1.165) is 13.0 Å². The molecule has 0 radical (unpaired) electrons. The molecular formula is C10H19N5O2. The van der Waals surface area contributed by atoms with E-state index < -0.39 is 12.0 Å². The van der Waals surface area contributed by atoms with E-state index in [1.807, 2.05) is 20.8 Å². The number of hydrogen-bond donors (Lipinski definition) is 2. The topological polar surface area (TPSA) is 92.9 Å². The molecule has 1 atom stereocenters. The minimum atomic E-state index is -0.852. The molecule has 1 unspecified atom stereocenters. The fourth-order valence-corrected chi connectivity index (χ4v) is 1.54. The number of tetrazole rings is 1. The summed E-state index contributed by atoms with van der Waals surface area (Å²) in [5, 5.41) is 23.3. The van der Waals surface area contributed by atoms with Crippen molar-refractivity contribution in [2.24, 2.45) is 5.92 Å². The van der Waals surface area contributed by atoms with Gasteiger partial charge < -0.3 is 5.11 Å². The molecule has 0 aliphatic rings. The fraction of sp³-hybridized carbons (Fsp3) is 0.800. The quantitative estimate of drug-likeness (QED) is 0.712. The number of carboxylic acids is 1. The van der Waals surface area contributed by atoms with E-state index in [9.17, 15) is 4.79 Å². The number of rotatable bonds is 7. The van der Waals surface area contributed by atoms with Crippen molar-refractivity contribution in [2.45, 2.75) is 46.3 Å². The highest BCUT2D eigenvalue weighted by molar-refractivity contribution is 5.73. The number of carboxylic acid groups (broad SMARTS) is 1. The molecule has 1 heterocycles. The van der Waals surface area contributed by atoms with Gasteiger partial charge in [0.05, 0.1) is 6.54 Å². The van der Waals surface area contributed by atoms with Crippen molar-refractivity contribution >= 4 is 5.97 Å². The van der Waals surface area contributed by atoms with Gasteiger partial charge in [0, 0.05) is 6.54 Å². The molecule has 1 aromatic heterocycles. The van der Waals surface area contributed by atoms with Gasteiger partial charge in [0.25, 0.3) is 0 Å². The number of nitrogens with one attached hydrogen (secondary N) is 1. The second-order valence-corrected chi connectivity index (χ2v) is 4.26. The van der Waals surface area contributed by atoms with E-state index >= 15 is 0 Å². The van der Waals surface area contributed by atoms with E-state index in [1.54, 1.807) is 4.68 Å². The summed E-state index contributed by atoms with van der Waals surface area (Å²) >= 11 is 0. The molecule has 0 aliphatic carbocycles. The van der Waals surface area contributed by atoms with Gasteiger partial charge in [0.2, 0.25) is 0 Å². The molecular weight excluding hydrogens is 222 g/mol. The van der Waals surface area contributed by atoms with Crippen LogP contribution in [0, 0.1) is 5.92 Å². The predicted octanol–water partition coefficient (Wildman–Crippen LogP) is 0.282. The standard InChI is InChI=1S/C10H19N5O2/c1-4-5-15-8(12-13-14-15)6-11-9(7(2)3)10(16)17/h7,9,11H,4-6H2,1-3H3,(H,16,17). The van der Waals surface area contributed by atoms with Crippen molar-refractivity contribution in [3.05, 3.63) is 5.82 Å². The summed E-state index contributed by atoms with van der Waals surface area (Å²) in [6.45, 7) is 6.86. The molecule has 0 amide bonds. The third-order valence-electron chi connectivity index (χ3n) is 2.45. The summed E-state index contributed by atoms with van der Waals surface area (Å²) in [6, 6.07) is -0.582. The molecule has 7 nitrogen and oxygen atoms in total. The lowest BCUT2D eigenvalue weighted by molar-refractivity contribution is -0.140. The van der Waals surface area contributed by atoms with Gasteiger partial charge in [-0.3, -0.25) is 10.1 Å². The zero-order chi connectivity index (χ0) is 12.8. The zero-order valence-corrected chi connectivity index (χ0v) is 10.4. The Bertz CT molecular complexity index is 363. The normalized spacial score (nSPS) is 12.9. The van der Waals surface area contributed by atoms with Gasteiger partial charge >= 0.3 is 5.97 Å². The molecule has 96 valence electrons. The van der Waals surface area contributed by atoms with Crippen molar-refractivity contribution < 1.29 is 9.90 Å². The lowest BCUT2D eigenvalue weighted by atomic mass is 10.1. The number of carbonyl (C=O) groups is 1. The van der Waals surface area contributed by atoms with Gasteiger partial charge in [-0.25, -0.2) is 4.68 Å². The minimum absolute atomic E-state index is 0.0167. The van der Waals surface area contributed by atoms with Crippen LogP contribution in [0.1, 0.15) is 33.0 Å². The lowest BCUT2D eigenvalue weighted by Crippen LogP contribution is -2.41. The summed E-state index contributed by atoms with van der Waals surface area (Å²) in [6.07, 6.45) is 0.935. The van der Waals surface area contributed by atoms with Crippen LogP contribution in [-0.4, -0.2) is 37.3 Å². The maximum Gasteiger partial charge on any atom is 0.320 e. The van der Waals surface area contributed by atoms with Gasteiger partial charge in [-0.2, -0.15) is 0 Å². The Balaban J connectivity index is 2.59. The maximum absolute atomic E-state index is 11.0. The van der Waals surface area contributed by atoms with Crippen LogP contribution in [0.25, 0.3) is 0 Å². The Morgan fingerprint density at radius 1 is 1.53 bits per heavy atom. The van der Waals surface area contributed by atoms with Gasteiger partial charge in [-0.1, -0.05) is 20.8 Å². The van der Waals surface area contributed by atoms with Gasteiger partial charge in [-0.15, -0.1) is 5.10 Å². The molecule has 0 aliphatic heterocycles. The Kier molecular flexibility index (Phi) is 5.02. The molecule has 0 fully saturated rings. The number of aromatic nitrogens is 4. The van der Waals surface area contributed by atoms with E-state index in [0.29, 0.717) is 12.4 Å². The first kappa shape index (κ1) is 13.6. The van der Waals surface area contributed by atoms with Crippen molar-refractivity contribution in [3.63, 3.8) is 0 Å². The average molecular weight is 241 g/mol. The van der Waals surface area contributed by atoms with Crippen LogP contribution < -0.4 is 5.32 Å². The molecule has 1 aromatic rings. The van der Waals surface area contributed by atoms with Crippen LogP contribution in [-0.2, 0) is 17.9 Å². The number of aliphatic carboxylic acids is 1. The molecule has 0 saturated carbocycles. The molecule has 2 N–H and O–H groups in total. The van der Waals surface area contributed by atoms with E-state index in [1.165, 1.54) is 0 Å². The first-order valence-corrected chi connectivity index (χ1v) is 5.77. The van der Waals surface area contributed by atoms with Crippen molar-refractivity contribution in [2.75, 3.05) is 0 Å². The summed E-state index contributed by atoms with van der Waals surface area (Å²) < 4.78 is 1.69. The van der Waals surface area contributed by atoms with Crippen LogP contribution in [0.3, 0.4) is 0 Å². The Morgan fingerprint density at radius 2 is 2.24 bits per heavy atom. The SMILES string of the molecule is CCCn1nnnc1CNC(C(=O)O)C(C)C. The minimum Gasteiger partial charge on any atom is -0.480 e. The largest absolute Gasteiger partial charge is 0.480 e. The molecule has 0 spiro atoms. The average Bonchev–Trinajstić information content (AvgIpc) is 2.65. The van der Waals surface area contributed by atoms with Gasteiger partial charge in [0.15, 0.2) is 5.82 Å². The number of aryl methyl sites for hydroxylation is 1. The Hall–Kier alpha value is -1.50. The Morgan fingerprint density at radius 3 is 2.76 bits per heavy atom. The highest BCUT2D eigenvalue weighted by Gasteiger charge is 2.21. The second-order valence-electron chi connectivity index (χ2n) is 4.26. The molecule has 7 heteroatoms. The molecule has 17 heavy (non-hydrogen) atoms. The monoisotopic (exact) mass is 241 g/mol. The van der Waals surface area contributed by atoms with Gasteiger partial charge in [0.1, 0.15) is 6.04 Å². The van der Waals surface area contributed by atoms with Gasteiger partial charge in [-0.05, 0) is 22.8 Å². The van der Waals surface area contributed by atoms with Crippen LogP contribution in [0.5, 0.6) is 0 Å². The van der Waals surface area contributed by atoms with Crippen LogP contribution in [0.15, 0.2) is 0 Å². The summed E-state index contributed by atoms with van der Waals surface area (Å²) in [4.78, 5) is 11.0. The third kappa shape index (κ3) is 3.77. The molecule has 1 rings (SSSR count). The molecule has 0 bridgehead atoms. The van der Waals surface area contributed by atoms with Crippen LogP contribution in [0.4, 0.5) is 0 Å². The van der Waals surface area contributed by atoms with Crippen molar-refractivity contribution in [1.82, 2.24) is 25.5 Å². The third-order valence-corrected chi connectivity index (χ3v) is 2.45. The van der Waals surface area contributed by atoms with Crippen molar-refractivity contribution in [1.29, 1.82) is 0 Å². The maximum atomic E-state index is 11.0. The van der Waals surface area contributed by atoms with Crippen LogP contribution in [0.2, 0.25) is 0 Å². The first-order chi connectivity index (χ1) is 8.06. The highest BCUT2D eigenvalue weighted by atomic mass is 16.4. The lowest BCUT2D eigenvalue weighted by Gasteiger charge is -2.17. The second kappa shape index (κ2) is 6.29. The zero-order valence-electron chi connectivity index (χ0n) is 10.4. The summed E-state index contributed by atoms with van der Waals surface area (Å²) in [7, 11) is 0. The van der Waals surface area contributed by atoms with E-state index in [4.69, 9.17) is 5.11 Å². The first-order valence-electron chi connectivity index (χ1n) is 5.77. The smallest absolute Gasteiger partial charge is 0.320 e. The van der Waals surface area contributed by atoms with Crippen LogP contribution >= 0.6 is 0 Å². The predicted molar refractivity (Wildman–Crippen MR) is 61.2 cm³/mol. The van der Waals surface area contributed by atoms with Crippen molar-refractivity contribution in [3.8, 4) is 0 Å². The Labute approximate surface area is 100 Å².